The number of aliphatic hydroxyl groups excluding tert-OH is 2. The van der Waals surface area contributed by atoms with E-state index in [1.165, 1.54) is 4.90 Å². The number of allylic oxidation sites excluding steroid dienone is 2. The number of aromatic hydroxyl groups is 1. The molecule has 0 radical (unpaired) electrons. The number of hydrogen-bond acceptors (Lipinski definition) is 6. The van der Waals surface area contributed by atoms with E-state index in [4.69, 9.17) is 0 Å². The first-order chi connectivity index (χ1) is 21.9. The predicted molar refractivity (Wildman–Crippen MR) is 179 cm³/mol. The average Bonchev–Trinajstić information content (AvgIpc) is 3.30. The van der Waals surface area contributed by atoms with Crippen molar-refractivity contribution in [1.82, 2.24) is 0 Å². The summed E-state index contributed by atoms with van der Waals surface area (Å²) in [7, 11) is 0. The third kappa shape index (κ3) is 7.05. The van der Waals surface area contributed by atoms with Crippen LogP contribution in [0, 0.1) is 17.8 Å². The van der Waals surface area contributed by atoms with Gasteiger partial charge in [-0.05, 0) is 80.1 Å². The van der Waals surface area contributed by atoms with E-state index < -0.39 is 23.9 Å². The Morgan fingerprint density at radius 1 is 0.911 bits per heavy atom. The van der Waals surface area contributed by atoms with Crippen molar-refractivity contribution in [1.29, 1.82) is 0 Å². The van der Waals surface area contributed by atoms with Gasteiger partial charge in [0.05, 0.1) is 30.2 Å². The van der Waals surface area contributed by atoms with Crippen molar-refractivity contribution in [3.8, 4) is 5.75 Å². The molecule has 7 nitrogen and oxygen atoms in total. The number of amides is 2. The van der Waals surface area contributed by atoms with Gasteiger partial charge in [-0.15, -0.1) is 0 Å². The lowest BCUT2D eigenvalue weighted by atomic mass is 9.67. The number of anilines is 3. The minimum absolute atomic E-state index is 0.217. The lowest BCUT2D eigenvalue weighted by molar-refractivity contribution is -0.123. The van der Waals surface area contributed by atoms with E-state index in [1.807, 2.05) is 60.7 Å². The van der Waals surface area contributed by atoms with Crippen molar-refractivity contribution in [2.45, 2.75) is 64.9 Å². The molecule has 0 aromatic heterocycles. The Morgan fingerprint density at radius 3 is 2.27 bits per heavy atom. The lowest BCUT2D eigenvalue weighted by Crippen LogP contribution is -2.39. The predicted octanol–water partition coefficient (Wildman–Crippen LogP) is 7.38. The summed E-state index contributed by atoms with van der Waals surface area (Å²) in [6, 6.07) is 24.2. The van der Waals surface area contributed by atoms with Crippen molar-refractivity contribution in [2.24, 2.45) is 17.8 Å². The zero-order valence-electron chi connectivity index (χ0n) is 26.2. The van der Waals surface area contributed by atoms with Crippen molar-refractivity contribution in [3.05, 3.63) is 101 Å². The number of hydrogen-bond donors (Lipinski definition) is 4. The van der Waals surface area contributed by atoms with Gasteiger partial charge in [-0.1, -0.05) is 80.3 Å². The Kier molecular flexibility index (Phi) is 10.5. The molecule has 4 atom stereocenters. The van der Waals surface area contributed by atoms with Crippen LogP contribution in [-0.4, -0.2) is 39.8 Å². The first kappa shape index (κ1) is 32.2. The zero-order chi connectivity index (χ0) is 31.9. The van der Waals surface area contributed by atoms with Crippen LogP contribution in [0.3, 0.4) is 0 Å². The number of nitrogens with zero attached hydrogens (tertiary/aromatic N) is 1. The maximum absolute atomic E-state index is 14.0. The van der Waals surface area contributed by atoms with E-state index in [0.29, 0.717) is 31.4 Å². The van der Waals surface area contributed by atoms with Crippen LogP contribution in [0.25, 0.3) is 6.08 Å². The summed E-state index contributed by atoms with van der Waals surface area (Å²) in [5, 5.41) is 36.0. The molecule has 4 N–H and O–H groups in total. The van der Waals surface area contributed by atoms with Crippen LogP contribution in [0.5, 0.6) is 5.75 Å². The van der Waals surface area contributed by atoms with Gasteiger partial charge in [0.25, 0.3) is 0 Å². The van der Waals surface area contributed by atoms with Crippen molar-refractivity contribution in [2.75, 3.05) is 16.8 Å². The third-order valence-electron chi connectivity index (χ3n) is 9.09. The van der Waals surface area contributed by atoms with Crippen LogP contribution >= 0.6 is 0 Å². The first-order valence-corrected chi connectivity index (χ1v) is 16.1. The van der Waals surface area contributed by atoms with E-state index in [0.717, 1.165) is 52.9 Å². The molecule has 1 fully saturated rings. The highest BCUT2D eigenvalue weighted by molar-refractivity contribution is 6.22. The molecule has 2 amide bonds. The molecule has 1 heterocycles. The van der Waals surface area contributed by atoms with Gasteiger partial charge in [0.15, 0.2) is 0 Å². The molecule has 5 rings (SSSR count). The Hall–Kier alpha value is -4.20. The molecular formula is C38H44N2O5. The largest absolute Gasteiger partial charge is 0.507 e. The van der Waals surface area contributed by atoms with Crippen LogP contribution in [0.1, 0.15) is 64.4 Å². The minimum atomic E-state index is -0.852. The Morgan fingerprint density at radius 2 is 1.60 bits per heavy atom. The summed E-state index contributed by atoms with van der Waals surface area (Å²) in [6.07, 6.45) is 5.87. The van der Waals surface area contributed by atoms with E-state index in [2.05, 4.69) is 19.2 Å². The van der Waals surface area contributed by atoms with Gasteiger partial charge >= 0.3 is 0 Å². The standard InChI is InChI=1S/C38H44N2O5/c1-3-10-25(22-26-12-8-9-15-33(26)42)16-21-34(43)35-27(11-4-2)23-31-36(32(35)24-41)38(45)40(37(31)44)30-19-17-29(18-20-30)39-28-13-6-5-7-14-28/h5-9,12-15,17-20,22,31-32,34,36,39,41-43H,3-4,10-11,16,21,23-24H2,1-2H3/b25-22+/t31-,32+,34-,36-/m1/s1. The van der Waals surface area contributed by atoms with E-state index in [-0.39, 0.29) is 24.2 Å². The number of phenols is 1. The number of phenolic OH excluding ortho intramolecular Hbond substituents is 1. The van der Waals surface area contributed by atoms with E-state index in [1.54, 1.807) is 24.3 Å². The molecule has 0 unspecified atom stereocenters. The second kappa shape index (κ2) is 14.7. The summed E-state index contributed by atoms with van der Waals surface area (Å²) >= 11 is 0. The molecule has 0 spiro atoms. The number of carbonyl (C=O) groups excluding carboxylic acids is 2. The molecule has 0 saturated carbocycles. The molecule has 2 aliphatic rings. The summed E-state index contributed by atoms with van der Waals surface area (Å²) in [4.78, 5) is 29.0. The van der Waals surface area contributed by atoms with Crippen molar-refractivity contribution >= 4 is 35.0 Å². The van der Waals surface area contributed by atoms with Crippen molar-refractivity contribution in [3.63, 3.8) is 0 Å². The smallest absolute Gasteiger partial charge is 0.238 e. The summed E-state index contributed by atoms with van der Waals surface area (Å²) < 4.78 is 0. The highest BCUT2D eigenvalue weighted by Gasteiger charge is 2.55. The highest BCUT2D eigenvalue weighted by atomic mass is 16.3. The highest BCUT2D eigenvalue weighted by Crippen LogP contribution is 2.48. The number of imide groups is 1. The van der Waals surface area contributed by atoms with Gasteiger partial charge in [0.2, 0.25) is 11.8 Å². The van der Waals surface area contributed by atoms with Crippen LogP contribution in [-0.2, 0) is 9.59 Å². The SMILES string of the molecule is CCCC1=C([C@H](O)CC/C(=C/c2ccccc2O)CCC)[C@H](CO)[C@@H]2C(=O)N(c3ccc(Nc4ccccc4)cc3)C(=O)[C@@H]2C1. The Balaban J connectivity index is 1.36. The normalized spacial score (nSPS) is 20.8. The minimum Gasteiger partial charge on any atom is -0.507 e. The van der Waals surface area contributed by atoms with Gasteiger partial charge in [0, 0.05) is 22.9 Å². The van der Waals surface area contributed by atoms with E-state index >= 15 is 0 Å². The summed E-state index contributed by atoms with van der Waals surface area (Å²) in [6.45, 7) is 3.84. The Bertz CT molecular complexity index is 1550. The number of benzene rings is 3. The van der Waals surface area contributed by atoms with Crippen LogP contribution in [0.15, 0.2) is 95.6 Å². The number of aliphatic hydroxyl groups is 2. The summed E-state index contributed by atoms with van der Waals surface area (Å²) in [5.74, 6) is -2.26. The molecule has 0 bridgehead atoms. The molecule has 1 saturated heterocycles. The third-order valence-corrected chi connectivity index (χ3v) is 9.09. The average molecular weight is 609 g/mol. The van der Waals surface area contributed by atoms with Crippen LogP contribution < -0.4 is 10.2 Å². The molecular weight excluding hydrogens is 564 g/mol. The maximum Gasteiger partial charge on any atom is 0.238 e. The quantitative estimate of drug-likeness (QED) is 0.119. The van der Waals surface area contributed by atoms with Crippen LogP contribution in [0.2, 0.25) is 0 Å². The fraction of sp³-hybridized carbons (Fsp3) is 0.368. The van der Waals surface area contributed by atoms with Crippen molar-refractivity contribution < 1.29 is 24.9 Å². The fourth-order valence-corrected chi connectivity index (χ4v) is 7.03. The number of para-hydroxylation sites is 2. The maximum atomic E-state index is 14.0. The van der Waals surface area contributed by atoms with Gasteiger partial charge in [0.1, 0.15) is 5.75 Å². The molecule has 3 aromatic rings. The molecule has 236 valence electrons. The number of rotatable bonds is 13. The fourth-order valence-electron chi connectivity index (χ4n) is 7.03. The second-order valence-corrected chi connectivity index (χ2v) is 12.2. The molecule has 45 heavy (non-hydrogen) atoms. The van der Waals surface area contributed by atoms with Gasteiger partial charge in [-0.2, -0.15) is 0 Å². The van der Waals surface area contributed by atoms with E-state index in [9.17, 15) is 24.9 Å². The second-order valence-electron chi connectivity index (χ2n) is 12.2. The molecule has 3 aromatic carbocycles. The first-order valence-electron chi connectivity index (χ1n) is 16.1. The monoisotopic (exact) mass is 608 g/mol. The van der Waals surface area contributed by atoms with Gasteiger partial charge in [-0.25, -0.2) is 0 Å². The molecule has 7 heteroatoms. The number of nitrogens with one attached hydrogen (secondary N) is 1. The lowest BCUT2D eigenvalue weighted by Gasteiger charge is -2.36. The number of fused-ring (bicyclic) bond motifs is 1. The molecule has 1 aliphatic heterocycles. The Labute approximate surface area is 265 Å². The zero-order valence-corrected chi connectivity index (χ0v) is 26.2. The van der Waals surface area contributed by atoms with Gasteiger partial charge < -0.3 is 20.6 Å². The van der Waals surface area contributed by atoms with Crippen LogP contribution in [0.4, 0.5) is 17.1 Å². The summed E-state index contributed by atoms with van der Waals surface area (Å²) in [5.41, 5.74) is 5.86. The molecule has 1 aliphatic carbocycles. The topological polar surface area (TPSA) is 110 Å². The van der Waals surface area contributed by atoms with Gasteiger partial charge in [-0.3, -0.25) is 14.5 Å². The number of carbonyl (C=O) groups is 2.